The monoisotopic (exact) mass is 470 g/mol. The smallest absolute Gasteiger partial charge is 0.236 e. The first-order valence-corrected chi connectivity index (χ1v) is 12.3. The Kier molecular flexibility index (Phi) is 7.01. The highest BCUT2D eigenvalue weighted by atomic mass is 19.1. The van der Waals surface area contributed by atoms with E-state index in [9.17, 15) is 13.6 Å². The molecule has 1 amide bonds. The molecule has 0 atom stereocenters. The summed E-state index contributed by atoms with van der Waals surface area (Å²) in [5.74, 6) is -0.110. The predicted octanol–water partition coefficient (Wildman–Crippen LogP) is 2.63. The molecule has 9 heteroatoms. The Balaban J connectivity index is 1.09. The third kappa shape index (κ3) is 5.20. The Labute approximate surface area is 199 Å². The molecule has 1 aliphatic carbocycles. The van der Waals surface area contributed by atoms with E-state index in [1.165, 1.54) is 25.7 Å². The standard InChI is InChI=1S/C25H32F2N6O/c26-19-5-6-22(27)21(17-19)23-7-8-24(29-28-23)32-11-9-30(10-12-32)18-25(34)33-15-13-31(14-16-33)20-3-1-2-4-20/h5-8,17,20H,1-4,9-16,18H2. The van der Waals surface area contributed by atoms with Crippen LogP contribution in [0.5, 0.6) is 0 Å². The minimum absolute atomic E-state index is 0.103. The van der Waals surface area contributed by atoms with Gasteiger partial charge in [0, 0.05) is 64.0 Å². The van der Waals surface area contributed by atoms with E-state index < -0.39 is 11.6 Å². The molecule has 34 heavy (non-hydrogen) atoms. The third-order valence-electron chi connectivity index (χ3n) is 7.42. The first-order chi connectivity index (χ1) is 16.6. The number of aromatic nitrogens is 2. The van der Waals surface area contributed by atoms with Crippen LogP contribution < -0.4 is 4.90 Å². The van der Waals surface area contributed by atoms with Crippen LogP contribution in [0.3, 0.4) is 0 Å². The Hall–Kier alpha value is -2.65. The van der Waals surface area contributed by atoms with Crippen LogP contribution in [0.1, 0.15) is 25.7 Å². The second-order valence-corrected chi connectivity index (χ2v) is 9.52. The average Bonchev–Trinajstić information content (AvgIpc) is 3.41. The molecule has 1 aromatic heterocycles. The lowest BCUT2D eigenvalue weighted by Gasteiger charge is -2.39. The van der Waals surface area contributed by atoms with Gasteiger partial charge in [-0.05, 0) is 43.2 Å². The van der Waals surface area contributed by atoms with Gasteiger partial charge in [-0.15, -0.1) is 10.2 Å². The molecule has 0 bridgehead atoms. The largest absolute Gasteiger partial charge is 0.353 e. The number of benzene rings is 1. The molecule has 1 saturated carbocycles. The third-order valence-corrected chi connectivity index (χ3v) is 7.42. The average molecular weight is 471 g/mol. The van der Waals surface area contributed by atoms with Crippen molar-refractivity contribution in [2.75, 3.05) is 63.8 Å². The van der Waals surface area contributed by atoms with Gasteiger partial charge >= 0.3 is 0 Å². The normalized spacial score (nSPS) is 20.8. The maximum absolute atomic E-state index is 14.0. The molecule has 0 N–H and O–H groups in total. The maximum atomic E-state index is 14.0. The molecule has 3 fully saturated rings. The number of carbonyl (C=O) groups is 1. The van der Waals surface area contributed by atoms with Gasteiger partial charge in [0.05, 0.1) is 12.2 Å². The van der Waals surface area contributed by atoms with Crippen LogP contribution in [-0.2, 0) is 4.79 Å². The van der Waals surface area contributed by atoms with Crippen molar-refractivity contribution in [3.05, 3.63) is 42.0 Å². The summed E-state index contributed by atoms with van der Waals surface area (Å²) in [6.07, 6.45) is 5.31. The van der Waals surface area contributed by atoms with Crippen molar-refractivity contribution in [3.8, 4) is 11.3 Å². The summed E-state index contributed by atoms with van der Waals surface area (Å²) in [5.41, 5.74) is 0.407. The van der Waals surface area contributed by atoms with Gasteiger partial charge in [-0.2, -0.15) is 0 Å². The van der Waals surface area contributed by atoms with Crippen molar-refractivity contribution >= 4 is 11.7 Å². The summed E-state index contributed by atoms with van der Waals surface area (Å²) >= 11 is 0. The van der Waals surface area contributed by atoms with Gasteiger partial charge < -0.3 is 9.80 Å². The predicted molar refractivity (Wildman–Crippen MR) is 126 cm³/mol. The number of hydrogen-bond acceptors (Lipinski definition) is 6. The van der Waals surface area contributed by atoms with E-state index in [0.717, 1.165) is 76.6 Å². The quantitative estimate of drug-likeness (QED) is 0.670. The molecule has 5 rings (SSSR count). The van der Waals surface area contributed by atoms with Crippen LogP contribution in [0.4, 0.5) is 14.6 Å². The van der Waals surface area contributed by atoms with Crippen molar-refractivity contribution in [1.82, 2.24) is 24.9 Å². The maximum Gasteiger partial charge on any atom is 0.236 e. The van der Waals surface area contributed by atoms with Crippen LogP contribution in [-0.4, -0.2) is 95.7 Å². The van der Waals surface area contributed by atoms with Crippen LogP contribution in [0.25, 0.3) is 11.3 Å². The van der Waals surface area contributed by atoms with Gasteiger partial charge in [-0.3, -0.25) is 14.6 Å². The van der Waals surface area contributed by atoms with E-state index in [4.69, 9.17) is 0 Å². The highest BCUT2D eigenvalue weighted by molar-refractivity contribution is 5.78. The highest BCUT2D eigenvalue weighted by Gasteiger charge is 2.29. The Morgan fingerprint density at radius 1 is 0.882 bits per heavy atom. The first-order valence-electron chi connectivity index (χ1n) is 12.3. The summed E-state index contributed by atoms with van der Waals surface area (Å²) < 4.78 is 27.5. The molecule has 182 valence electrons. The zero-order valence-electron chi connectivity index (χ0n) is 19.5. The molecule has 0 spiro atoms. The second-order valence-electron chi connectivity index (χ2n) is 9.52. The van der Waals surface area contributed by atoms with E-state index in [-0.39, 0.29) is 11.5 Å². The lowest BCUT2D eigenvalue weighted by molar-refractivity contribution is -0.134. The molecule has 0 radical (unpaired) electrons. The van der Waals surface area contributed by atoms with Crippen LogP contribution in [0, 0.1) is 11.6 Å². The molecule has 0 unspecified atom stereocenters. The van der Waals surface area contributed by atoms with Gasteiger partial charge in [-0.1, -0.05) is 12.8 Å². The molecule has 7 nitrogen and oxygen atoms in total. The fourth-order valence-electron chi connectivity index (χ4n) is 5.36. The van der Waals surface area contributed by atoms with Crippen LogP contribution in [0.2, 0.25) is 0 Å². The number of hydrogen-bond donors (Lipinski definition) is 0. The number of rotatable bonds is 5. The number of anilines is 1. The zero-order chi connectivity index (χ0) is 23.5. The summed E-state index contributed by atoms with van der Waals surface area (Å²) in [4.78, 5) is 21.7. The number of nitrogens with zero attached hydrogens (tertiary/aromatic N) is 6. The molecular formula is C25H32F2N6O. The van der Waals surface area contributed by atoms with Crippen molar-refractivity contribution in [2.45, 2.75) is 31.7 Å². The van der Waals surface area contributed by atoms with E-state index in [1.54, 1.807) is 12.1 Å². The number of halogens is 2. The van der Waals surface area contributed by atoms with E-state index >= 15 is 0 Å². The number of carbonyl (C=O) groups excluding carboxylic acids is 1. The van der Waals surface area contributed by atoms with Crippen molar-refractivity contribution < 1.29 is 13.6 Å². The minimum Gasteiger partial charge on any atom is -0.353 e. The van der Waals surface area contributed by atoms with E-state index in [0.29, 0.717) is 18.1 Å². The van der Waals surface area contributed by atoms with E-state index in [2.05, 4.69) is 24.9 Å². The van der Waals surface area contributed by atoms with E-state index in [1.807, 2.05) is 4.90 Å². The summed E-state index contributed by atoms with van der Waals surface area (Å²) in [7, 11) is 0. The highest BCUT2D eigenvalue weighted by Crippen LogP contribution is 2.25. The molecule has 1 aromatic carbocycles. The second kappa shape index (κ2) is 10.3. The number of amides is 1. The topological polar surface area (TPSA) is 55.8 Å². The molecule has 2 aromatic rings. The van der Waals surface area contributed by atoms with Crippen LogP contribution >= 0.6 is 0 Å². The Bertz CT molecular complexity index is 981. The van der Waals surface area contributed by atoms with Crippen molar-refractivity contribution in [3.63, 3.8) is 0 Å². The lowest BCUT2D eigenvalue weighted by Crippen LogP contribution is -2.55. The summed E-state index contributed by atoms with van der Waals surface area (Å²) in [6.45, 7) is 7.16. The minimum atomic E-state index is -0.526. The summed E-state index contributed by atoms with van der Waals surface area (Å²) in [5, 5.41) is 8.35. The summed E-state index contributed by atoms with van der Waals surface area (Å²) in [6, 6.07) is 7.50. The molecule has 3 aliphatic rings. The van der Waals surface area contributed by atoms with Gasteiger partial charge in [0.25, 0.3) is 0 Å². The van der Waals surface area contributed by atoms with Gasteiger partial charge in [0.1, 0.15) is 11.6 Å². The van der Waals surface area contributed by atoms with Crippen LogP contribution in [0.15, 0.2) is 30.3 Å². The SMILES string of the molecule is O=C(CN1CCN(c2ccc(-c3cc(F)ccc3F)nn2)CC1)N1CCN(C2CCCC2)CC1. The number of piperazine rings is 2. The van der Waals surface area contributed by atoms with Gasteiger partial charge in [0.15, 0.2) is 5.82 Å². The fourth-order valence-corrected chi connectivity index (χ4v) is 5.36. The lowest BCUT2D eigenvalue weighted by atomic mass is 10.1. The molecular weight excluding hydrogens is 438 g/mol. The van der Waals surface area contributed by atoms with Crippen molar-refractivity contribution in [1.29, 1.82) is 0 Å². The molecule has 2 aliphatic heterocycles. The van der Waals surface area contributed by atoms with Crippen molar-refractivity contribution in [2.24, 2.45) is 0 Å². The zero-order valence-corrected chi connectivity index (χ0v) is 19.5. The Morgan fingerprint density at radius 2 is 1.62 bits per heavy atom. The molecule has 2 saturated heterocycles. The van der Waals surface area contributed by atoms with Gasteiger partial charge in [0.2, 0.25) is 5.91 Å². The first kappa shape index (κ1) is 23.1. The Morgan fingerprint density at radius 3 is 2.29 bits per heavy atom. The fraction of sp³-hybridized carbons (Fsp3) is 0.560. The molecule has 3 heterocycles. The van der Waals surface area contributed by atoms with Gasteiger partial charge in [-0.25, -0.2) is 8.78 Å².